The minimum atomic E-state index is -0.368. The number of hydrogen-bond acceptors (Lipinski definition) is 4. The predicted molar refractivity (Wildman–Crippen MR) is 100 cm³/mol. The number of thiazole rings is 1. The van der Waals surface area contributed by atoms with E-state index in [-0.39, 0.29) is 10.6 Å². The molecule has 0 saturated heterocycles. The first-order valence-electron chi connectivity index (χ1n) is 7.74. The molecule has 0 saturated carbocycles. The number of imidazole rings is 1. The highest BCUT2D eigenvalue weighted by molar-refractivity contribution is 7.15. The topological polar surface area (TPSA) is 60.4 Å². The quantitative estimate of drug-likeness (QED) is 0.323. The van der Waals surface area contributed by atoms with Crippen LogP contribution in [0.2, 0.25) is 0 Å². The molecule has 0 aliphatic rings. The summed E-state index contributed by atoms with van der Waals surface area (Å²) in [5.74, 6) is 0. The first kappa shape index (κ1) is 14.1. The minimum absolute atomic E-state index is 0.0896. The van der Waals surface area contributed by atoms with Gasteiger partial charge in [-0.2, -0.15) is 0 Å². The molecule has 6 heteroatoms. The normalized spacial score (nSPS) is 11.5. The number of fused-ring (bicyclic) bond motifs is 5. The molecule has 0 bridgehead atoms. The Balaban J connectivity index is 1.84. The van der Waals surface area contributed by atoms with Crippen LogP contribution < -0.4 is 0 Å². The summed E-state index contributed by atoms with van der Waals surface area (Å²) in [4.78, 5) is 16.4. The molecule has 120 valence electrons. The van der Waals surface area contributed by atoms with E-state index in [1.807, 2.05) is 23.6 Å². The van der Waals surface area contributed by atoms with Crippen LogP contribution >= 0.6 is 11.3 Å². The zero-order valence-corrected chi connectivity index (χ0v) is 13.7. The van der Waals surface area contributed by atoms with Crippen molar-refractivity contribution < 1.29 is 4.92 Å². The predicted octanol–water partition coefficient (Wildman–Crippen LogP) is 5.28. The van der Waals surface area contributed by atoms with Gasteiger partial charge in [-0.15, -0.1) is 11.3 Å². The Morgan fingerprint density at radius 2 is 1.92 bits per heavy atom. The van der Waals surface area contributed by atoms with E-state index in [1.165, 1.54) is 17.4 Å². The molecule has 5 aromatic rings. The zero-order chi connectivity index (χ0) is 17.0. The average molecular weight is 345 g/mol. The molecule has 0 unspecified atom stereocenters. The molecule has 0 radical (unpaired) electrons. The van der Waals surface area contributed by atoms with Gasteiger partial charge >= 0.3 is 0 Å². The fraction of sp³-hybridized carbons (Fsp3) is 0. The lowest BCUT2D eigenvalue weighted by Crippen LogP contribution is -1.90. The second-order valence-corrected chi connectivity index (χ2v) is 6.65. The number of nitro benzene ring substituents is 1. The van der Waals surface area contributed by atoms with Crippen molar-refractivity contribution in [3.8, 4) is 11.3 Å². The molecule has 0 atom stereocenters. The molecule has 0 spiro atoms. The maximum Gasteiger partial charge on any atom is 0.270 e. The van der Waals surface area contributed by atoms with E-state index in [2.05, 4.69) is 28.7 Å². The molecule has 0 fully saturated rings. The van der Waals surface area contributed by atoms with Crippen LogP contribution in [0.5, 0.6) is 0 Å². The smallest absolute Gasteiger partial charge is 0.270 e. The minimum Gasteiger partial charge on any atom is -0.283 e. The Kier molecular flexibility index (Phi) is 2.89. The Labute approximate surface area is 145 Å². The van der Waals surface area contributed by atoms with Crippen molar-refractivity contribution in [2.75, 3.05) is 0 Å². The number of benzene rings is 3. The molecule has 2 heterocycles. The van der Waals surface area contributed by atoms with Gasteiger partial charge in [0.1, 0.15) is 0 Å². The molecule has 0 aliphatic carbocycles. The average Bonchev–Trinajstić information content (AvgIpc) is 3.21. The zero-order valence-electron chi connectivity index (χ0n) is 12.9. The lowest BCUT2D eigenvalue weighted by Gasteiger charge is -2.03. The Morgan fingerprint density at radius 3 is 2.80 bits per heavy atom. The van der Waals surface area contributed by atoms with E-state index in [0.717, 1.165) is 38.0 Å². The molecule has 5 rings (SSSR count). The second kappa shape index (κ2) is 5.12. The van der Waals surface area contributed by atoms with Crippen molar-refractivity contribution in [1.82, 2.24) is 9.38 Å². The Hall–Kier alpha value is -3.25. The van der Waals surface area contributed by atoms with Crippen LogP contribution in [0.4, 0.5) is 5.69 Å². The van der Waals surface area contributed by atoms with Gasteiger partial charge in [0.15, 0.2) is 4.96 Å². The summed E-state index contributed by atoms with van der Waals surface area (Å²) in [6.45, 7) is 0. The number of aromatic nitrogens is 2. The third kappa shape index (κ3) is 2.04. The van der Waals surface area contributed by atoms with Crippen molar-refractivity contribution in [3.63, 3.8) is 0 Å². The summed E-state index contributed by atoms with van der Waals surface area (Å²) in [6.07, 6.45) is 0. The second-order valence-electron chi connectivity index (χ2n) is 5.81. The molecule has 0 N–H and O–H groups in total. The van der Waals surface area contributed by atoms with Crippen molar-refractivity contribution in [2.24, 2.45) is 0 Å². The van der Waals surface area contributed by atoms with Crippen molar-refractivity contribution >= 4 is 43.8 Å². The van der Waals surface area contributed by atoms with Gasteiger partial charge in [-0.1, -0.05) is 42.5 Å². The van der Waals surface area contributed by atoms with Crippen LogP contribution in [-0.4, -0.2) is 14.3 Å². The Bertz CT molecular complexity index is 1290. The SMILES string of the molecule is O=[N+]([O-])c1cccc(-c2csc3nc4c5ccccc5ccc4n23)c1. The monoisotopic (exact) mass is 345 g/mol. The van der Waals surface area contributed by atoms with Crippen molar-refractivity contribution in [3.05, 3.63) is 76.2 Å². The fourth-order valence-corrected chi connectivity index (χ4v) is 4.14. The highest BCUT2D eigenvalue weighted by atomic mass is 32.1. The Morgan fingerprint density at radius 1 is 1.04 bits per heavy atom. The number of rotatable bonds is 2. The molecule has 3 aromatic carbocycles. The molecule has 0 aliphatic heterocycles. The van der Waals surface area contributed by atoms with Crippen LogP contribution in [0, 0.1) is 10.1 Å². The van der Waals surface area contributed by atoms with Gasteiger partial charge in [0.05, 0.1) is 21.7 Å². The van der Waals surface area contributed by atoms with Gasteiger partial charge in [0, 0.05) is 28.5 Å². The molecule has 0 amide bonds. The largest absolute Gasteiger partial charge is 0.283 e. The molecule has 5 nitrogen and oxygen atoms in total. The maximum absolute atomic E-state index is 11.1. The molecular weight excluding hydrogens is 334 g/mol. The van der Waals surface area contributed by atoms with Gasteiger partial charge in [0.25, 0.3) is 5.69 Å². The van der Waals surface area contributed by atoms with E-state index in [9.17, 15) is 10.1 Å². The third-order valence-electron chi connectivity index (χ3n) is 4.39. The van der Waals surface area contributed by atoms with E-state index >= 15 is 0 Å². The summed E-state index contributed by atoms with van der Waals surface area (Å²) in [5, 5.41) is 15.3. The summed E-state index contributed by atoms with van der Waals surface area (Å²) in [7, 11) is 0. The van der Waals surface area contributed by atoms with E-state index in [0.29, 0.717) is 0 Å². The van der Waals surface area contributed by atoms with Crippen LogP contribution in [0.3, 0.4) is 0 Å². The van der Waals surface area contributed by atoms with E-state index in [1.54, 1.807) is 12.1 Å². The van der Waals surface area contributed by atoms with Gasteiger partial charge in [-0.05, 0) is 11.5 Å². The number of non-ortho nitro benzene ring substituents is 1. The first-order chi connectivity index (χ1) is 12.2. The van der Waals surface area contributed by atoms with E-state index < -0.39 is 0 Å². The van der Waals surface area contributed by atoms with Crippen molar-refractivity contribution in [1.29, 1.82) is 0 Å². The van der Waals surface area contributed by atoms with Gasteiger partial charge in [-0.3, -0.25) is 14.5 Å². The van der Waals surface area contributed by atoms with Gasteiger partial charge < -0.3 is 0 Å². The highest BCUT2D eigenvalue weighted by Crippen LogP contribution is 2.34. The van der Waals surface area contributed by atoms with Crippen LogP contribution in [-0.2, 0) is 0 Å². The fourth-order valence-electron chi connectivity index (χ4n) is 3.24. The lowest BCUT2D eigenvalue weighted by atomic mass is 10.1. The molecule has 25 heavy (non-hydrogen) atoms. The lowest BCUT2D eigenvalue weighted by molar-refractivity contribution is -0.384. The summed E-state index contributed by atoms with van der Waals surface area (Å²) < 4.78 is 2.07. The van der Waals surface area contributed by atoms with Gasteiger partial charge in [0.2, 0.25) is 0 Å². The van der Waals surface area contributed by atoms with Crippen LogP contribution in [0.25, 0.3) is 38.0 Å². The molecule has 2 aromatic heterocycles. The summed E-state index contributed by atoms with van der Waals surface area (Å²) >= 11 is 1.54. The molecular formula is C19H11N3O2S. The van der Waals surface area contributed by atoms with Crippen molar-refractivity contribution in [2.45, 2.75) is 0 Å². The highest BCUT2D eigenvalue weighted by Gasteiger charge is 2.15. The van der Waals surface area contributed by atoms with Crippen LogP contribution in [0.15, 0.2) is 66.0 Å². The maximum atomic E-state index is 11.1. The summed E-state index contributed by atoms with van der Waals surface area (Å²) in [6, 6.07) is 19.0. The standard InChI is InChI=1S/C19H11N3O2S/c23-22(24)14-6-3-5-13(10-14)17-11-25-19-20-18-15-7-2-1-4-12(15)8-9-16(18)21(17)19/h1-11H. The van der Waals surface area contributed by atoms with E-state index in [4.69, 9.17) is 4.98 Å². The number of nitrogens with zero attached hydrogens (tertiary/aromatic N) is 3. The first-order valence-corrected chi connectivity index (χ1v) is 8.62. The number of nitro groups is 1. The third-order valence-corrected chi connectivity index (χ3v) is 5.21. The summed E-state index contributed by atoms with van der Waals surface area (Å²) in [5.41, 5.74) is 3.79. The van der Waals surface area contributed by atoms with Crippen LogP contribution in [0.1, 0.15) is 0 Å². The van der Waals surface area contributed by atoms with Gasteiger partial charge in [-0.25, -0.2) is 4.98 Å². The number of hydrogen-bond donors (Lipinski definition) is 0.